The highest BCUT2D eigenvalue weighted by molar-refractivity contribution is 6.29. The molecule has 3 aromatic rings. The summed E-state index contributed by atoms with van der Waals surface area (Å²) in [6.45, 7) is 0. The van der Waals surface area contributed by atoms with Gasteiger partial charge in [0.25, 0.3) is 0 Å². The van der Waals surface area contributed by atoms with Gasteiger partial charge in [0.1, 0.15) is 10.8 Å². The molecule has 0 amide bonds. The van der Waals surface area contributed by atoms with Crippen molar-refractivity contribution in [3.05, 3.63) is 36.0 Å². The number of fused-ring (bicyclic) bond motifs is 1. The fraction of sp³-hybridized carbons (Fsp3) is 0.357. The molecule has 1 saturated carbocycles. The van der Waals surface area contributed by atoms with Crippen LogP contribution in [0.1, 0.15) is 18.9 Å². The third-order valence-electron chi connectivity index (χ3n) is 4.01. The molecule has 0 aliphatic heterocycles. The van der Waals surface area contributed by atoms with Gasteiger partial charge in [0.05, 0.1) is 36.3 Å². The van der Waals surface area contributed by atoms with Crippen molar-refractivity contribution in [1.29, 1.82) is 0 Å². The molecule has 3 aromatic heterocycles. The summed E-state index contributed by atoms with van der Waals surface area (Å²) in [5, 5.41) is 9.07. The van der Waals surface area contributed by atoms with Crippen molar-refractivity contribution in [2.75, 3.05) is 7.11 Å². The topological polar surface area (TPSA) is 57.2 Å². The Hall–Kier alpha value is -1.92. The van der Waals surface area contributed by atoms with E-state index in [4.69, 9.17) is 16.3 Å². The molecule has 0 radical (unpaired) electrons. The number of methoxy groups -OCH3 is 1. The van der Waals surface area contributed by atoms with Crippen molar-refractivity contribution in [3.8, 4) is 11.3 Å². The van der Waals surface area contributed by atoms with Crippen LogP contribution < -0.4 is 0 Å². The standard InChI is InChI=1S/C14H14ClN5O/c1-21-11-4-10(5-11)19-7-9(6-17-19)14-12-2-3-16-20(12)8-13(15)18-14/h2-3,6-8,10-11H,4-5H2,1H3. The summed E-state index contributed by atoms with van der Waals surface area (Å²) in [5.74, 6) is 0. The van der Waals surface area contributed by atoms with Crippen LogP contribution in [0.25, 0.3) is 16.8 Å². The van der Waals surface area contributed by atoms with E-state index in [-0.39, 0.29) is 0 Å². The van der Waals surface area contributed by atoms with Gasteiger partial charge in [-0.2, -0.15) is 10.2 Å². The highest BCUT2D eigenvalue weighted by Gasteiger charge is 2.31. The lowest BCUT2D eigenvalue weighted by Gasteiger charge is -2.34. The second kappa shape index (κ2) is 4.82. The third kappa shape index (κ3) is 2.11. The van der Waals surface area contributed by atoms with Crippen LogP contribution in [-0.2, 0) is 4.74 Å². The smallest absolute Gasteiger partial charge is 0.148 e. The summed E-state index contributed by atoms with van der Waals surface area (Å²) in [6.07, 6.45) is 9.63. The molecule has 4 rings (SSSR count). The first-order valence-electron chi connectivity index (χ1n) is 6.82. The van der Waals surface area contributed by atoms with E-state index in [1.54, 1.807) is 24.0 Å². The minimum atomic E-state index is 0.355. The number of ether oxygens (including phenoxy) is 1. The molecule has 1 aliphatic rings. The van der Waals surface area contributed by atoms with E-state index in [2.05, 4.69) is 15.2 Å². The molecule has 21 heavy (non-hydrogen) atoms. The van der Waals surface area contributed by atoms with E-state index in [1.165, 1.54) is 0 Å². The quantitative estimate of drug-likeness (QED) is 0.746. The second-order valence-electron chi connectivity index (χ2n) is 5.27. The van der Waals surface area contributed by atoms with Crippen LogP contribution in [0.5, 0.6) is 0 Å². The minimum absolute atomic E-state index is 0.355. The normalized spacial score (nSPS) is 21.6. The Morgan fingerprint density at radius 3 is 2.95 bits per heavy atom. The van der Waals surface area contributed by atoms with Gasteiger partial charge < -0.3 is 4.74 Å². The Balaban J connectivity index is 1.70. The number of rotatable bonds is 3. The first-order chi connectivity index (χ1) is 10.2. The average Bonchev–Trinajstić information content (AvgIpc) is 3.05. The lowest BCUT2D eigenvalue weighted by molar-refractivity contribution is 0.00250. The van der Waals surface area contributed by atoms with Crippen LogP contribution in [0, 0.1) is 0 Å². The van der Waals surface area contributed by atoms with Crippen LogP contribution in [0.2, 0.25) is 5.15 Å². The summed E-state index contributed by atoms with van der Waals surface area (Å²) < 4.78 is 9.02. The highest BCUT2D eigenvalue weighted by Crippen LogP contribution is 2.34. The van der Waals surface area contributed by atoms with Gasteiger partial charge in [0.15, 0.2) is 0 Å². The largest absolute Gasteiger partial charge is 0.381 e. The minimum Gasteiger partial charge on any atom is -0.381 e. The molecule has 0 aromatic carbocycles. The van der Waals surface area contributed by atoms with Crippen LogP contribution >= 0.6 is 11.6 Å². The molecule has 0 N–H and O–H groups in total. The van der Waals surface area contributed by atoms with E-state index in [0.717, 1.165) is 29.6 Å². The molecule has 6 nitrogen and oxygen atoms in total. The Bertz CT molecular complexity index is 790. The highest BCUT2D eigenvalue weighted by atomic mass is 35.5. The summed E-state index contributed by atoms with van der Waals surface area (Å²) >= 11 is 6.06. The summed E-state index contributed by atoms with van der Waals surface area (Å²) in [5.41, 5.74) is 2.67. The zero-order chi connectivity index (χ0) is 14.4. The number of halogens is 1. The van der Waals surface area contributed by atoms with Crippen molar-refractivity contribution in [2.24, 2.45) is 0 Å². The van der Waals surface area contributed by atoms with Gasteiger partial charge >= 0.3 is 0 Å². The second-order valence-corrected chi connectivity index (χ2v) is 5.65. The van der Waals surface area contributed by atoms with E-state index in [1.807, 2.05) is 23.1 Å². The van der Waals surface area contributed by atoms with Gasteiger partial charge in [0.2, 0.25) is 0 Å². The van der Waals surface area contributed by atoms with Crippen molar-refractivity contribution < 1.29 is 4.74 Å². The maximum absolute atomic E-state index is 6.06. The SMILES string of the molecule is COC1CC(n2cc(-c3nc(Cl)cn4nccc34)cn2)C1. The summed E-state index contributed by atoms with van der Waals surface area (Å²) in [6, 6.07) is 2.32. The molecule has 0 saturated heterocycles. The number of hydrogen-bond donors (Lipinski definition) is 0. The molecule has 108 valence electrons. The summed E-state index contributed by atoms with van der Waals surface area (Å²) in [7, 11) is 1.75. The lowest BCUT2D eigenvalue weighted by Crippen LogP contribution is -2.32. The first kappa shape index (κ1) is 12.8. The maximum Gasteiger partial charge on any atom is 0.148 e. The van der Waals surface area contributed by atoms with Crippen LogP contribution in [0.15, 0.2) is 30.9 Å². The monoisotopic (exact) mass is 303 g/mol. The van der Waals surface area contributed by atoms with E-state index in [9.17, 15) is 0 Å². The van der Waals surface area contributed by atoms with Crippen LogP contribution in [0.4, 0.5) is 0 Å². The number of aromatic nitrogens is 5. The zero-order valence-corrected chi connectivity index (χ0v) is 12.2. The molecule has 3 heterocycles. The predicted octanol–water partition coefficient (Wildman–Crippen LogP) is 2.60. The fourth-order valence-electron chi connectivity index (χ4n) is 2.72. The van der Waals surface area contributed by atoms with Gasteiger partial charge in [-0.3, -0.25) is 4.68 Å². The predicted molar refractivity (Wildman–Crippen MR) is 78.3 cm³/mol. The van der Waals surface area contributed by atoms with Gasteiger partial charge in [-0.1, -0.05) is 11.6 Å². The first-order valence-corrected chi connectivity index (χ1v) is 7.19. The van der Waals surface area contributed by atoms with Crippen molar-refractivity contribution in [1.82, 2.24) is 24.4 Å². The lowest BCUT2D eigenvalue weighted by atomic mass is 9.89. The number of hydrogen-bond acceptors (Lipinski definition) is 4. The number of nitrogens with zero attached hydrogens (tertiary/aromatic N) is 5. The van der Waals surface area contributed by atoms with E-state index >= 15 is 0 Å². The third-order valence-corrected chi connectivity index (χ3v) is 4.19. The Labute approximate surface area is 126 Å². The van der Waals surface area contributed by atoms with E-state index < -0.39 is 0 Å². The van der Waals surface area contributed by atoms with Crippen molar-refractivity contribution >= 4 is 17.1 Å². The zero-order valence-electron chi connectivity index (χ0n) is 11.5. The Kier molecular flexibility index (Phi) is 2.94. The molecular weight excluding hydrogens is 290 g/mol. The van der Waals surface area contributed by atoms with Gasteiger partial charge in [-0.25, -0.2) is 9.50 Å². The molecule has 1 aliphatic carbocycles. The van der Waals surface area contributed by atoms with Gasteiger partial charge in [-0.05, 0) is 18.9 Å². The molecule has 0 spiro atoms. The maximum atomic E-state index is 6.06. The summed E-state index contributed by atoms with van der Waals surface area (Å²) in [4.78, 5) is 4.42. The van der Waals surface area contributed by atoms with Gasteiger partial charge in [0, 0.05) is 18.9 Å². The molecule has 7 heteroatoms. The Morgan fingerprint density at radius 1 is 1.29 bits per heavy atom. The Morgan fingerprint density at radius 2 is 2.14 bits per heavy atom. The van der Waals surface area contributed by atoms with Crippen LogP contribution in [-0.4, -0.2) is 37.6 Å². The molecule has 0 atom stereocenters. The molecule has 0 bridgehead atoms. The molecule has 0 unspecified atom stereocenters. The van der Waals surface area contributed by atoms with Crippen LogP contribution in [0.3, 0.4) is 0 Å². The molecular formula is C14H14ClN5O. The van der Waals surface area contributed by atoms with Gasteiger partial charge in [-0.15, -0.1) is 0 Å². The van der Waals surface area contributed by atoms with Crippen molar-refractivity contribution in [2.45, 2.75) is 25.0 Å². The molecule has 1 fully saturated rings. The average molecular weight is 304 g/mol. The van der Waals surface area contributed by atoms with Crippen molar-refractivity contribution in [3.63, 3.8) is 0 Å². The van der Waals surface area contributed by atoms with E-state index in [0.29, 0.717) is 17.3 Å². The fourth-order valence-corrected chi connectivity index (χ4v) is 2.89.